The lowest BCUT2D eigenvalue weighted by molar-refractivity contribution is -0.128. The Morgan fingerprint density at radius 3 is 1.33 bits per heavy atom. The number of nitrogens with zero attached hydrogens (tertiary/aromatic N) is 16. The van der Waals surface area contributed by atoms with Crippen molar-refractivity contribution in [1.29, 1.82) is 0 Å². The van der Waals surface area contributed by atoms with Gasteiger partial charge in [0.2, 0.25) is 29.8 Å². The molecule has 10 heterocycles. The summed E-state index contributed by atoms with van der Waals surface area (Å²) in [6, 6.07) is 30.8. The number of pyridine rings is 3. The average Bonchev–Trinajstić information content (AvgIpc) is 4.39. The summed E-state index contributed by atoms with van der Waals surface area (Å²) in [6.45, 7) is 2.40. The van der Waals surface area contributed by atoms with Crippen LogP contribution in [0.5, 0.6) is 0 Å². The van der Waals surface area contributed by atoms with Gasteiger partial charge in [-0.25, -0.2) is 57.1 Å². The number of nitrogens with one attached hydrogen (secondary N) is 4. The van der Waals surface area contributed by atoms with Crippen LogP contribution in [0.15, 0.2) is 128 Å². The molecule has 12 aromatic rings. The van der Waals surface area contributed by atoms with Gasteiger partial charge in [0.25, 0.3) is 0 Å². The number of aromatic amines is 3. The van der Waals surface area contributed by atoms with Crippen LogP contribution < -0.4 is 11.1 Å². The number of benzene rings is 3. The Morgan fingerprint density at radius 2 is 0.937 bits per heavy atom. The fourth-order valence-corrected chi connectivity index (χ4v) is 8.85. The van der Waals surface area contributed by atoms with Gasteiger partial charge in [0.05, 0.1) is 55.4 Å². The SMILES string of the molecule is NCc1nc(-c2nn(Cc3ccccc3F)c3ncccc23)n[nH]1.O=C1CCCN1Cc1nc(-c2nn(Cc3ccccc3F)c3ncccc23)n[nH]1.O=CNCc1nc(-c2nn(Cc3ccccc3F)c3ncccc23)n[nH]1. The Hall–Kier alpha value is -10.4. The van der Waals surface area contributed by atoms with Crippen molar-refractivity contribution in [2.45, 2.75) is 52.1 Å². The molecule has 3 aromatic carbocycles. The molecule has 1 fully saturated rings. The van der Waals surface area contributed by atoms with Crippen LogP contribution in [-0.4, -0.2) is 114 Å². The molecule has 0 bridgehead atoms. The molecule has 1 aliphatic heterocycles. The number of amides is 2. The summed E-state index contributed by atoms with van der Waals surface area (Å²) in [6.07, 6.45) is 7.05. The molecule has 396 valence electrons. The number of halogens is 3. The minimum Gasteiger partial charge on any atom is -0.351 e. The number of carbonyl (C=O) groups is 2. The maximum atomic E-state index is 14.1. The smallest absolute Gasteiger partial charge is 0.223 e. The van der Waals surface area contributed by atoms with Gasteiger partial charge in [0.15, 0.2) is 16.9 Å². The fraction of sp³-hybridized carbons (Fsp3) is 0.170. The highest BCUT2D eigenvalue weighted by Gasteiger charge is 2.24. The van der Waals surface area contributed by atoms with Gasteiger partial charge < -0.3 is 16.0 Å². The van der Waals surface area contributed by atoms with E-state index in [1.807, 2.05) is 30.3 Å². The number of hydrogen-bond acceptors (Lipinski definition) is 15. The van der Waals surface area contributed by atoms with Crippen LogP contribution in [-0.2, 0) is 48.9 Å². The monoisotopic (exact) mass is 1070 g/mol. The van der Waals surface area contributed by atoms with Crippen molar-refractivity contribution in [3.63, 3.8) is 0 Å². The molecule has 0 radical (unpaired) electrons. The second-order valence-electron chi connectivity index (χ2n) is 17.9. The molecule has 0 spiro atoms. The molecule has 9 aromatic heterocycles. The quantitative estimate of drug-likeness (QED) is 0.0732. The molecule has 1 aliphatic rings. The van der Waals surface area contributed by atoms with Crippen molar-refractivity contribution in [1.82, 2.24) is 100 Å². The molecule has 0 aliphatic carbocycles. The third-order valence-electron chi connectivity index (χ3n) is 12.6. The van der Waals surface area contributed by atoms with E-state index in [4.69, 9.17) is 5.73 Å². The second-order valence-corrected chi connectivity index (χ2v) is 17.9. The van der Waals surface area contributed by atoms with Gasteiger partial charge in [-0.2, -0.15) is 30.6 Å². The number of H-pyrrole nitrogens is 3. The number of hydrogen-bond donors (Lipinski definition) is 5. The molecule has 0 unspecified atom stereocenters. The van der Waals surface area contributed by atoms with E-state index in [1.54, 1.807) is 98.2 Å². The summed E-state index contributed by atoms with van der Waals surface area (Å²) < 4.78 is 47.0. The van der Waals surface area contributed by atoms with Crippen molar-refractivity contribution in [3.8, 4) is 34.6 Å². The van der Waals surface area contributed by atoms with Crippen LogP contribution in [0.25, 0.3) is 67.7 Å². The van der Waals surface area contributed by atoms with E-state index in [1.165, 1.54) is 18.2 Å². The Balaban J connectivity index is 0.000000126. The Labute approximate surface area is 445 Å². The van der Waals surface area contributed by atoms with E-state index >= 15 is 0 Å². The van der Waals surface area contributed by atoms with Crippen molar-refractivity contribution >= 4 is 45.4 Å². The first-order chi connectivity index (χ1) is 38.7. The fourth-order valence-electron chi connectivity index (χ4n) is 8.85. The van der Waals surface area contributed by atoms with Gasteiger partial charge in [-0.05, 0) is 61.0 Å². The number of rotatable bonds is 15. The van der Waals surface area contributed by atoms with Gasteiger partial charge >= 0.3 is 0 Å². The summed E-state index contributed by atoms with van der Waals surface area (Å²) in [7, 11) is 0. The highest BCUT2D eigenvalue weighted by Crippen LogP contribution is 2.28. The molecule has 26 heteroatoms. The third kappa shape index (κ3) is 11.0. The van der Waals surface area contributed by atoms with E-state index in [-0.39, 0.29) is 56.1 Å². The molecule has 2 amide bonds. The Bertz CT molecular complexity index is 4100. The summed E-state index contributed by atoms with van der Waals surface area (Å²) in [4.78, 5) is 50.3. The van der Waals surface area contributed by atoms with E-state index in [9.17, 15) is 22.8 Å². The predicted octanol–water partition coefficient (Wildman–Crippen LogP) is 6.04. The van der Waals surface area contributed by atoms with Crippen LogP contribution >= 0.6 is 0 Å². The van der Waals surface area contributed by atoms with E-state index in [0.717, 1.165) is 29.1 Å². The molecule has 13 rings (SSSR count). The second kappa shape index (κ2) is 22.8. The highest BCUT2D eigenvalue weighted by atomic mass is 19.1. The zero-order valence-electron chi connectivity index (χ0n) is 41.7. The van der Waals surface area contributed by atoms with Crippen molar-refractivity contribution in [2.24, 2.45) is 5.73 Å². The number of likely N-dealkylation sites (tertiary alicyclic amines) is 1. The summed E-state index contributed by atoms with van der Waals surface area (Å²) in [5, 5.41) is 39.6. The molecular formula is C53H46F3N21O2. The third-order valence-corrected chi connectivity index (χ3v) is 12.6. The number of nitrogens with two attached hydrogens (primary N) is 1. The van der Waals surface area contributed by atoms with Gasteiger partial charge in [-0.3, -0.25) is 24.9 Å². The van der Waals surface area contributed by atoms with E-state index in [0.29, 0.717) is 105 Å². The molecule has 0 saturated carbocycles. The van der Waals surface area contributed by atoms with E-state index in [2.05, 4.69) is 81.1 Å². The Morgan fingerprint density at radius 1 is 0.532 bits per heavy atom. The van der Waals surface area contributed by atoms with Gasteiger partial charge in [0.1, 0.15) is 52.0 Å². The minimum atomic E-state index is -0.297. The zero-order chi connectivity index (χ0) is 54.2. The molecule has 0 atom stereocenters. The first-order valence-corrected chi connectivity index (χ1v) is 24.8. The maximum Gasteiger partial charge on any atom is 0.223 e. The minimum absolute atomic E-state index is 0.131. The van der Waals surface area contributed by atoms with Gasteiger partial charge in [0, 0.05) is 48.2 Å². The lowest BCUT2D eigenvalue weighted by Crippen LogP contribution is -2.24. The van der Waals surface area contributed by atoms with Crippen LogP contribution in [0, 0.1) is 17.5 Å². The number of carbonyl (C=O) groups excluding carboxylic acids is 2. The maximum absolute atomic E-state index is 14.1. The van der Waals surface area contributed by atoms with Crippen LogP contribution in [0.4, 0.5) is 13.2 Å². The normalized spacial score (nSPS) is 12.3. The Kier molecular flexibility index (Phi) is 14.7. The van der Waals surface area contributed by atoms with Crippen molar-refractivity contribution in [3.05, 3.63) is 179 Å². The zero-order valence-corrected chi connectivity index (χ0v) is 41.7. The number of fused-ring (bicyclic) bond motifs is 3. The van der Waals surface area contributed by atoms with E-state index < -0.39 is 0 Å². The summed E-state index contributed by atoms with van der Waals surface area (Å²) in [5.74, 6) is 2.22. The van der Waals surface area contributed by atoms with Gasteiger partial charge in [-0.15, -0.1) is 0 Å². The lowest BCUT2D eigenvalue weighted by atomic mass is 10.2. The molecular weight excluding hydrogens is 1020 g/mol. The summed E-state index contributed by atoms with van der Waals surface area (Å²) >= 11 is 0. The molecule has 79 heavy (non-hydrogen) atoms. The van der Waals surface area contributed by atoms with Crippen LogP contribution in [0.1, 0.15) is 47.0 Å². The standard InChI is InChI=1S/C20H18FN7O.C17H14FN7O.C16H14FN7/c21-15-7-2-1-5-13(15)11-28-20-14(6-3-9-22-20)18(26-28)19-23-16(24-25-19)12-27-10-4-8-17(27)29;18-13-6-2-1-4-11(13)9-25-17-12(5-3-7-20-17)15(24-25)16-21-14(22-23-16)8-19-10-26;17-12-6-2-1-4-10(12)9-24-16-11(5-3-7-19-16)14(23-24)15-20-13(8-18)21-22-15/h1-3,5-7,9H,4,8,10-12H2,(H,23,24,25);1-7,10H,8-9H2,(H,19,26)(H,21,22,23);1-7H,8-9,18H2,(H,20,21,22). The number of aromatic nitrogens is 18. The highest BCUT2D eigenvalue weighted by molar-refractivity contribution is 5.91. The van der Waals surface area contributed by atoms with Gasteiger partial charge in [-0.1, -0.05) is 54.6 Å². The first kappa shape index (κ1) is 50.8. The predicted molar refractivity (Wildman–Crippen MR) is 281 cm³/mol. The molecule has 23 nitrogen and oxygen atoms in total. The lowest BCUT2D eigenvalue weighted by Gasteiger charge is -2.12. The summed E-state index contributed by atoms with van der Waals surface area (Å²) in [5.41, 5.74) is 10.7. The molecule has 6 N–H and O–H groups in total. The largest absolute Gasteiger partial charge is 0.351 e. The van der Waals surface area contributed by atoms with Crippen LogP contribution in [0.2, 0.25) is 0 Å². The first-order valence-electron chi connectivity index (χ1n) is 24.8. The van der Waals surface area contributed by atoms with Crippen molar-refractivity contribution < 1.29 is 22.8 Å². The van der Waals surface area contributed by atoms with Crippen molar-refractivity contribution in [2.75, 3.05) is 6.54 Å². The topological polar surface area (TPSA) is 292 Å². The van der Waals surface area contributed by atoms with Crippen LogP contribution in [0.3, 0.4) is 0 Å². The molecule has 1 saturated heterocycles. The average molecular weight is 1070 g/mol.